The quantitative estimate of drug-likeness (QED) is 0.449. The van der Waals surface area contributed by atoms with Gasteiger partial charge in [-0.3, -0.25) is 9.79 Å². The number of anilines is 1. The Labute approximate surface area is 201 Å². The van der Waals surface area contributed by atoms with Gasteiger partial charge >= 0.3 is 0 Å². The van der Waals surface area contributed by atoms with E-state index in [4.69, 9.17) is 16.3 Å². The molecule has 178 valence electrons. The van der Waals surface area contributed by atoms with Crippen molar-refractivity contribution in [3.63, 3.8) is 0 Å². The summed E-state index contributed by atoms with van der Waals surface area (Å²) in [6.07, 6.45) is 4.94. The zero-order valence-corrected chi connectivity index (χ0v) is 19.5. The molecule has 2 bridgehead atoms. The highest BCUT2D eigenvalue weighted by atomic mass is 35.5. The van der Waals surface area contributed by atoms with Crippen molar-refractivity contribution in [3.05, 3.63) is 35.1 Å². The zero-order valence-electron chi connectivity index (χ0n) is 18.8. The molecule has 0 unspecified atom stereocenters. The number of aromatic hydroxyl groups is 1. The molecule has 5 rings (SSSR count). The summed E-state index contributed by atoms with van der Waals surface area (Å²) in [5, 5.41) is 14.9. The zero-order chi connectivity index (χ0) is 23.7. The summed E-state index contributed by atoms with van der Waals surface area (Å²) in [7, 11) is 2.04. The smallest absolute Gasteiger partial charge is 0.260 e. The summed E-state index contributed by atoms with van der Waals surface area (Å²) >= 11 is 6.31. The topological polar surface area (TPSA) is 119 Å². The van der Waals surface area contributed by atoms with Gasteiger partial charge in [-0.05, 0) is 32.0 Å². The second kappa shape index (κ2) is 9.47. The van der Waals surface area contributed by atoms with E-state index in [0.717, 1.165) is 32.5 Å². The van der Waals surface area contributed by atoms with E-state index in [1.54, 1.807) is 24.4 Å². The average molecular weight is 484 g/mol. The van der Waals surface area contributed by atoms with Crippen LogP contribution in [0.1, 0.15) is 18.4 Å². The van der Waals surface area contributed by atoms with Gasteiger partial charge in [-0.1, -0.05) is 11.6 Å². The summed E-state index contributed by atoms with van der Waals surface area (Å²) in [5.74, 6) is 0.888. The number of hydrogen-bond donors (Lipinski definition) is 3. The minimum absolute atomic E-state index is 0.0498. The van der Waals surface area contributed by atoms with Gasteiger partial charge < -0.3 is 29.9 Å². The molecule has 0 spiro atoms. The van der Waals surface area contributed by atoms with Crippen LogP contribution in [-0.2, 0) is 4.79 Å². The number of likely N-dealkylation sites (N-methyl/N-ethyl adjacent to an activating group) is 1. The first-order chi connectivity index (χ1) is 16.5. The normalized spacial score (nSPS) is 19.9. The summed E-state index contributed by atoms with van der Waals surface area (Å²) in [6, 6.07) is 5.22. The van der Waals surface area contributed by atoms with E-state index in [-0.39, 0.29) is 24.4 Å². The van der Waals surface area contributed by atoms with Crippen LogP contribution in [0.15, 0.2) is 29.5 Å². The van der Waals surface area contributed by atoms with Gasteiger partial charge in [0, 0.05) is 44.5 Å². The highest BCUT2D eigenvalue weighted by Crippen LogP contribution is 2.32. The maximum atomic E-state index is 12.9. The van der Waals surface area contributed by atoms with Crippen molar-refractivity contribution in [2.24, 2.45) is 4.99 Å². The van der Waals surface area contributed by atoms with E-state index < -0.39 is 0 Å². The van der Waals surface area contributed by atoms with Crippen molar-refractivity contribution in [3.8, 4) is 11.6 Å². The predicted molar refractivity (Wildman–Crippen MR) is 130 cm³/mol. The van der Waals surface area contributed by atoms with E-state index in [0.29, 0.717) is 45.4 Å². The first kappa shape index (κ1) is 22.4. The molecule has 10 nitrogen and oxygen atoms in total. The summed E-state index contributed by atoms with van der Waals surface area (Å²) in [4.78, 5) is 33.0. The maximum Gasteiger partial charge on any atom is 0.260 e. The Morgan fingerprint density at radius 1 is 1.26 bits per heavy atom. The fourth-order valence-corrected chi connectivity index (χ4v) is 4.68. The van der Waals surface area contributed by atoms with Crippen LogP contribution in [0.5, 0.6) is 11.6 Å². The number of hydrogen-bond acceptors (Lipinski definition) is 8. The molecule has 1 fully saturated rings. The highest BCUT2D eigenvalue weighted by molar-refractivity contribution is 6.32. The SMILES string of the molecule is CN1CCNc2ncnc3[nH]c(O)c(c23)C=Nc2ccc(Cl)c(c2)OCC(=O)N2CCC[C@H]2C1. The number of halogens is 1. The number of ether oxygens (including phenoxy) is 1. The minimum atomic E-state index is -0.0847. The molecule has 1 saturated heterocycles. The van der Waals surface area contributed by atoms with Crippen molar-refractivity contribution in [2.75, 3.05) is 45.2 Å². The molecule has 1 atom stereocenters. The Bertz CT molecular complexity index is 1240. The number of nitrogens with one attached hydrogen (secondary N) is 2. The number of amides is 1. The molecule has 3 N–H and O–H groups in total. The number of carbonyl (C=O) groups excluding carboxylic acids is 1. The number of benzene rings is 1. The van der Waals surface area contributed by atoms with Crippen LogP contribution in [0, 0.1) is 0 Å². The first-order valence-corrected chi connectivity index (χ1v) is 11.6. The number of carbonyl (C=O) groups is 1. The van der Waals surface area contributed by atoms with Gasteiger partial charge in [0.25, 0.3) is 5.91 Å². The van der Waals surface area contributed by atoms with Crippen LogP contribution >= 0.6 is 11.6 Å². The Morgan fingerprint density at radius 2 is 2.15 bits per heavy atom. The van der Waals surface area contributed by atoms with Gasteiger partial charge in [0.15, 0.2) is 12.5 Å². The number of aliphatic imine (C=N–C) groups is 1. The molecule has 11 heteroatoms. The molecule has 0 aliphatic carbocycles. The Balaban J connectivity index is 1.52. The third kappa shape index (κ3) is 4.51. The first-order valence-electron chi connectivity index (χ1n) is 11.2. The third-order valence-corrected chi connectivity index (χ3v) is 6.54. The number of aromatic amines is 1. The van der Waals surface area contributed by atoms with Gasteiger partial charge in [0.1, 0.15) is 23.5 Å². The molecule has 2 aliphatic heterocycles. The van der Waals surface area contributed by atoms with E-state index in [2.05, 4.69) is 30.2 Å². The van der Waals surface area contributed by atoms with Gasteiger partial charge in [-0.2, -0.15) is 0 Å². The Hall–Kier alpha value is -3.37. The molecular weight excluding hydrogens is 458 g/mol. The molecule has 3 aromatic rings. The minimum Gasteiger partial charge on any atom is -0.494 e. The molecule has 4 heterocycles. The number of nitrogens with zero attached hydrogens (tertiary/aromatic N) is 5. The molecule has 0 saturated carbocycles. The van der Waals surface area contributed by atoms with E-state index >= 15 is 0 Å². The maximum absolute atomic E-state index is 12.9. The van der Waals surface area contributed by atoms with Gasteiger partial charge in [0.05, 0.1) is 21.7 Å². The van der Waals surface area contributed by atoms with E-state index in [1.165, 1.54) is 6.33 Å². The fourth-order valence-electron chi connectivity index (χ4n) is 4.51. The lowest BCUT2D eigenvalue weighted by molar-refractivity contribution is -0.134. The molecule has 0 radical (unpaired) electrons. The van der Waals surface area contributed by atoms with Crippen molar-refractivity contribution in [1.82, 2.24) is 24.8 Å². The summed E-state index contributed by atoms with van der Waals surface area (Å²) in [5.41, 5.74) is 1.55. The standard InChI is InChI=1S/C23H26ClN7O3/c1-30-8-6-25-21-20-16(23(33)29-22(20)28-13-27-21)10-26-14-4-5-17(24)18(9-14)34-12-19(32)31-7-2-3-15(31)11-30/h4-5,9-10,13,15,33H,2-3,6-8,11-12H2,1H3,(H2,25,27,28,29)/t15-/m0/s1. The average Bonchev–Trinajstić information content (AvgIpc) is 3.40. The largest absolute Gasteiger partial charge is 0.494 e. The summed E-state index contributed by atoms with van der Waals surface area (Å²) in [6.45, 7) is 2.80. The van der Waals surface area contributed by atoms with Gasteiger partial charge in [-0.15, -0.1) is 0 Å². The number of aromatic nitrogens is 3. The fraction of sp³-hybridized carbons (Fsp3) is 0.391. The van der Waals surface area contributed by atoms with E-state index in [9.17, 15) is 9.90 Å². The second-order valence-corrected chi connectivity index (χ2v) is 8.97. The van der Waals surface area contributed by atoms with Gasteiger partial charge in [-0.25, -0.2) is 9.97 Å². The van der Waals surface area contributed by atoms with E-state index in [1.807, 2.05) is 11.9 Å². The van der Waals surface area contributed by atoms with Crippen molar-refractivity contribution < 1.29 is 14.6 Å². The highest BCUT2D eigenvalue weighted by Gasteiger charge is 2.30. The van der Waals surface area contributed by atoms with Crippen LogP contribution in [0.4, 0.5) is 11.5 Å². The van der Waals surface area contributed by atoms with Crippen molar-refractivity contribution >= 4 is 46.3 Å². The molecular formula is C23H26ClN7O3. The third-order valence-electron chi connectivity index (χ3n) is 6.22. The molecule has 1 amide bonds. The molecule has 2 aromatic heterocycles. The number of fused-ring (bicyclic) bond motifs is 3. The lowest BCUT2D eigenvalue weighted by Crippen LogP contribution is -2.44. The van der Waals surface area contributed by atoms with Crippen LogP contribution in [0.3, 0.4) is 0 Å². The van der Waals surface area contributed by atoms with Crippen LogP contribution in [-0.4, -0.2) is 87.9 Å². The van der Waals surface area contributed by atoms with Crippen molar-refractivity contribution in [1.29, 1.82) is 0 Å². The predicted octanol–water partition coefficient (Wildman–Crippen LogP) is 2.79. The van der Waals surface area contributed by atoms with Crippen LogP contribution in [0.2, 0.25) is 5.02 Å². The summed E-state index contributed by atoms with van der Waals surface area (Å²) < 4.78 is 5.80. The Morgan fingerprint density at radius 3 is 3.03 bits per heavy atom. The molecule has 1 aromatic carbocycles. The molecule has 34 heavy (non-hydrogen) atoms. The monoisotopic (exact) mass is 483 g/mol. The second-order valence-electron chi connectivity index (χ2n) is 8.57. The lowest BCUT2D eigenvalue weighted by Gasteiger charge is -2.29. The molecule has 2 aliphatic rings. The number of rotatable bonds is 0. The van der Waals surface area contributed by atoms with Crippen LogP contribution < -0.4 is 10.1 Å². The Kier molecular flexibility index (Phi) is 6.25. The van der Waals surface area contributed by atoms with Crippen LogP contribution in [0.25, 0.3) is 11.0 Å². The van der Waals surface area contributed by atoms with Crippen molar-refractivity contribution in [2.45, 2.75) is 18.9 Å². The van der Waals surface area contributed by atoms with Gasteiger partial charge in [0.2, 0.25) is 0 Å². The number of H-pyrrole nitrogens is 1. The lowest BCUT2D eigenvalue weighted by atomic mass is 10.2.